The summed E-state index contributed by atoms with van der Waals surface area (Å²) in [4.78, 5) is 14.9. The molecular formula is C11H15NO4S2. The van der Waals surface area contributed by atoms with Gasteiger partial charge in [0.2, 0.25) is 0 Å². The SMILES string of the molecule is CCCS(=O)(=O)CCSc1ncccc1C(=O)O. The molecule has 0 atom stereocenters. The zero-order valence-corrected chi connectivity index (χ0v) is 11.6. The van der Waals surface area contributed by atoms with Crippen LogP contribution >= 0.6 is 11.8 Å². The zero-order chi connectivity index (χ0) is 13.6. The van der Waals surface area contributed by atoms with E-state index in [1.54, 1.807) is 6.07 Å². The van der Waals surface area contributed by atoms with Gasteiger partial charge in [0.25, 0.3) is 0 Å². The van der Waals surface area contributed by atoms with Crippen molar-refractivity contribution in [3.05, 3.63) is 23.9 Å². The Morgan fingerprint density at radius 1 is 1.44 bits per heavy atom. The number of carboxylic acids is 1. The first-order valence-corrected chi connectivity index (χ1v) is 8.28. The van der Waals surface area contributed by atoms with E-state index < -0.39 is 15.8 Å². The van der Waals surface area contributed by atoms with Gasteiger partial charge in [0.1, 0.15) is 5.03 Å². The van der Waals surface area contributed by atoms with Gasteiger partial charge in [0, 0.05) is 17.7 Å². The summed E-state index contributed by atoms with van der Waals surface area (Å²) in [6, 6.07) is 3.00. The van der Waals surface area contributed by atoms with Gasteiger partial charge in [-0.2, -0.15) is 0 Å². The first kappa shape index (κ1) is 15.0. The molecule has 1 rings (SSSR count). The van der Waals surface area contributed by atoms with Gasteiger partial charge in [0.05, 0.1) is 11.3 Å². The number of hydrogen-bond acceptors (Lipinski definition) is 5. The van der Waals surface area contributed by atoms with Crippen molar-refractivity contribution in [2.45, 2.75) is 18.4 Å². The van der Waals surface area contributed by atoms with E-state index >= 15 is 0 Å². The third-order valence-electron chi connectivity index (χ3n) is 2.15. The highest BCUT2D eigenvalue weighted by molar-refractivity contribution is 8.00. The molecular weight excluding hydrogens is 274 g/mol. The second-order valence-corrected chi connectivity index (χ2v) is 7.05. The highest BCUT2D eigenvalue weighted by atomic mass is 32.2. The molecule has 18 heavy (non-hydrogen) atoms. The van der Waals surface area contributed by atoms with Crippen LogP contribution in [0.15, 0.2) is 23.4 Å². The molecule has 7 heteroatoms. The molecule has 0 bridgehead atoms. The van der Waals surface area contributed by atoms with Crippen LogP contribution in [0.1, 0.15) is 23.7 Å². The normalized spacial score (nSPS) is 11.4. The Kier molecular flexibility index (Phi) is 5.61. The van der Waals surface area contributed by atoms with E-state index in [9.17, 15) is 13.2 Å². The predicted molar refractivity (Wildman–Crippen MR) is 70.9 cm³/mol. The molecule has 0 unspecified atom stereocenters. The van der Waals surface area contributed by atoms with Crippen LogP contribution in [0.3, 0.4) is 0 Å². The van der Waals surface area contributed by atoms with Gasteiger partial charge in [-0.25, -0.2) is 18.2 Å². The van der Waals surface area contributed by atoms with Crippen LogP contribution in [0.4, 0.5) is 0 Å². The topological polar surface area (TPSA) is 84.3 Å². The maximum atomic E-state index is 11.5. The second kappa shape index (κ2) is 6.75. The van der Waals surface area contributed by atoms with Crippen LogP contribution in [0.5, 0.6) is 0 Å². The van der Waals surface area contributed by atoms with E-state index in [1.165, 1.54) is 12.3 Å². The van der Waals surface area contributed by atoms with Crippen molar-refractivity contribution >= 4 is 27.6 Å². The van der Waals surface area contributed by atoms with Crippen LogP contribution < -0.4 is 0 Å². The molecule has 0 spiro atoms. The number of thioether (sulfide) groups is 1. The van der Waals surface area contributed by atoms with E-state index in [2.05, 4.69) is 4.98 Å². The molecule has 0 aromatic carbocycles. The summed E-state index contributed by atoms with van der Waals surface area (Å²) in [5, 5.41) is 9.30. The lowest BCUT2D eigenvalue weighted by atomic mass is 10.3. The number of hydrogen-bond donors (Lipinski definition) is 1. The molecule has 1 aromatic rings. The van der Waals surface area contributed by atoms with Gasteiger partial charge >= 0.3 is 5.97 Å². The largest absolute Gasteiger partial charge is 0.478 e. The maximum Gasteiger partial charge on any atom is 0.338 e. The minimum absolute atomic E-state index is 0.0428. The molecule has 0 amide bonds. The third kappa shape index (κ3) is 4.66. The van der Waals surface area contributed by atoms with Gasteiger partial charge in [-0.1, -0.05) is 6.92 Å². The molecule has 0 radical (unpaired) electrons. The highest BCUT2D eigenvalue weighted by Gasteiger charge is 2.13. The summed E-state index contributed by atoms with van der Waals surface area (Å²) in [7, 11) is -3.03. The average Bonchev–Trinajstić information content (AvgIpc) is 2.29. The van der Waals surface area contributed by atoms with Crippen molar-refractivity contribution in [3.63, 3.8) is 0 Å². The number of sulfone groups is 1. The zero-order valence-electron chi connectivity index (χ0n) is 10.00. The summed E-state index contributed by atoms with van der Waals surface area (Å²) in [5.74, 6) is -0.524. The van der Waals surface area contributed by atoms with Gasteiger partial charge in [-0.05, 0) is 18.6 Å². The number of carbonyl (C=O) groups is 1. The number of pyridine rings is 1. The van der Waals surface area contributed by atoms with E-state index in [4.69, 9.17) is 5.11 Å². The lowest BCUT2D eigenvalue weighted by Crippen LogP contribution is -2.12. The lowest BCUT2D eigenvalue weighted by Gasteiger charge is -2.04. The molecule has 5 nitrogen and oxygen atoms in total. The molecule has 100 valence electrons. The number of carboxylic acid groups (broad SMARTS) is 1. The highest BCUT2D eigenvalue weighted by Crippen LogP contribution is 2.20. The molecule has 1 aromatic heterocycles. The van der Waals surface area contributed by atoms with E-state index in [0.717, 1.165) is 11.8 Å². The van der Waals surface area contributed by atoms with Crippen molar-refractivity contribution in [2.24, 2.45) is 0 Å². The number of aromatic carboxylic acids is 1. The minimum Gasteiger partial charge on any atom is -0.478 e. The smallest absolute Gasteiger partial charge is 0.338 e. The predicted octanol–water partition coefficient (Wildman–Crippen LogP) is 1.70. The Labute approximate surface area is 111 Å². The Balaban J connectivity index is 2.62. The molecule has 0 saturated carbocycles. The number of nitrogens with zero attached hydrogens (tertiary/aromatic N) is 1. The monoisotopic (exact) mass is 289 g/mol. The van der Waals surface area contributed by atoms with Crippen molar-refractivity contribution in [1.29, 1.82) is 0 Å². The fourth-order valence-electron chi connectivity index (χ4n) is 1.35. The second-order valence-electron chi connectivity index (χ2n) is 3.66. The van der Waals surface area contributed by atoms with Crippen molar-refractivity contribution < 1.29 is 18.3 Å². The van der Waals surface area contributed by atoms with Gasteiger partial charge in [-0.15, -0.1) is 11.8 Å². The van der Waals surface area contributed by atoms with Crippen molar-refractivity contribution in [1.82, 2.24) is 4.98 Å². The van der Waals surface area contributed by atoms with E-state index in [-0.39, 0.29) is 17.1 Å². The van der Waals surface area contributed by atoms with Crippen LogP contribution in [0, 0.1) is 0 Å². The summed E-state index contributed by atoms with van der Waals surface area (Å²) in [5.41, 5.74) is 0.107. The van der Waals surface area contributed by atoms with Crippen LogP contribution in [0.25, 0.3) is 0 Å². The fraction of sp³-hybridized carbons (Fsp3) is 0.455. The Bertz CT molecular complexity index is 514. The molecule has 1 heterocycles. The van der Waals surface area contributed by atoms with Crippen LogP contribution in [-0.4, -0.2) is 41.7 Å². The maximum absolute atomic E-state index is 11.5. The molecule has 0 aliphatic rings. The molecule has 1 N–H and O–H groups in total. The Hall–Kier alpha value is -1.08. The minimum atomic E-state index is -3.03. The first-order chi connectivity index (χ1) is 8.46. The summed E-state index contributed by atoms with van der Waals surface area (Å²) >= 11 is 1.16. The number of rotatable bonds is 7. The third-order valence-corrected chi connectivity index (χ3v) is 5.27. The van der Waals surface area contributed by atoms with Crippen LogP contribution in [-0.2, 0) is 9.84 Å². The van der Waals surface area contributed by atoms with Gasteiger partial charge in [-0.3, -0.25) is 0 Å². The fourth-order valence-corrected chi connectivity index (χ4v) is 4.16. The van der Waals surface area contributed by atoms with Gasteiger partial charge in [0.15, 0.2) is 9.84 Å². The average molecular weight is 289 g/mol. The molecule has 0 fully saturated rings. The molecule has 0 aliphatic heterocycles. The van der Waals surface area contributed by atoms with Crippen LogP contribution in [0.2, 0.25) is 0 Å². The Morgan fingerprint density at radius 3 is 2.78 bits per heavy atom. The lowest BCUT2D eigenvalue weighted by molar-refractivity contribution is 0.0692. The summed E-state index contributed by atoms with van der Waals surface area (Å²) in [6.45, 7) is 1.81. The Morgan fingerprint density at radius 2 is 2.17 bits per heavy atom. The molecule has 0 saturated heterocycles. The van der Waals surface area contributed by atoms with Gasteiger partial charge < -0.3 is 5.11 Å². The van der Waals surface area contributed by atoms with E-state index in [1.807, 2.05) is 6.92 Å². The van der Waals surface area contributed by atoms with Crippen molar-refractivity contribution in [3.8, 4) is 0 Å². The molecule has 0 aliphatic carbocycles. The summed E-state index contributed by atoms with van der Waals surface area (Å²) < 4.78 is 23.0. The quantitative estimate of drug-likeness (QED) is 0.769. The standard InChI is InChI=1S/C11H15NO4S2/c1-2-7-18(15,16)8-6-17-10-9(11(13)14)4-3-5-12-10/h3-5H,2,6-8H2,1H3,(H,13,14). The first-order valence-electron chi connectivity index (χ1n) is 5.48. The number of aromatic nitrogens is 1. The van der Waals surface area contributed by atoms with Crippen molar-refractivity contribution in [2.75, 3.05) is 17.3 Å². The summed E-state index contributed by atoms with van der Waals surface area (Å²) in [6.07, 6.45) is 2.09. The van der Waals surface area contributed by atoms with E-state index in [0.29, 0.717) is 17.2 Å².